The molecule has 0 saturated heterocycles. The standard InChI is InChI=1S/C19H17NO2/c1-2-3-12-20-19(21)22-13-18-16-10-6-4-8-14(16)15-9-5-7-11-17(15)18/h4-11,18H,12-13H2,1H3,(H,20,21). The molecule has 22 heavy (non-hydrogen) atoms. The van der Waals surface area contributed by atoms with Crippen LogP contribution < -0.4 is 5.32 Å². The topological polar surface area (TPSA) is 38.3 Å². The molecule has 0 atom stereocenters. The molecule has 0 spiro atoms. The number of ether oxygens (including phenoxy) is 1. The normalized spacial score (nSPS) is 11.9. The molecular weight excluding hydrogens is 274 g/mol. The minimum Gasteiger partial charge on any atom is -0.449 e. The van der Waals surface area contributed by atoms with Gasteiger partial charge in [-0.3, -0.25) is 0 Å². The number of hydrogen-bond donors (Lipinski definition) is 1. The highest BCUT2D eigenvalue weighted by Crippen LogP contribution is 2.44. The van der Waals surface area contributed by atoms with Crippen LogP contribution in [-0.4, -0.2) is 19.2 Å². The van der Waals surface area contributed by atoms with Crippen molar-refractivity contribution in [3.05, 3.63) is 59.7 Å². The van der Waals surface area contributed by atoms with Gasteiger partial charge < -0.3 is 10.1 Å². The molecule has 0 fully saturated rings. The number of hydrogen-bond acceptors (Lipinski definition) is 2. The van der Waals surface area contributed by atoms with Crippen LogP contribution in [0, 0.1) is 11.8 Å². The molecule has 0 heterocycles. The van der Waals surface area contributed by atoms with E-state index in [1.807, 2.05) is 24.3 Å². The first-order chi connectivity index (χ1) is 10.8. The largest absolute Gasteiger partial charge is 0.449 e. The predicted molar refractivity (Wildman–Crippen MR) is 86.5 cm³/mol. The summed E-state index contributed by atoms with van der Waals surface area (Å²) in [6, 6.07) is 16.6. The summed E-state index contributed by atoms with van der Waals surface area (Å²) in [7, 11) is 0. The lowest BCUT2D eigenvalue weighted by molar-refractivity contribution is 0.144. The first kappa shape index (κ1) is 14.2. The van der Waals surface area contributed by atoms with Crippen LogP contribution in [0.15, 0.2) is 48.5 Å². The average molecular weight is 291 g/mol. The van der Waals surface area contributed by atoms with Crippen molar-refractivity contribution in [3.8, 4) is 23.0 Å². The third-order valence-electron chi connectivity index (χ3n) is 3.84. The van der Waals surface area contributed by atoms with Gasteiger partial charge in [0.25, 0.3) is 0 Å². The molecule has 3 nitrogen and oxygen atoms in total. The lowest BCUT2D eigenvalue weighted by Crippen LogP contribution is -2.26. The second-order valence-electron chi connectivity index (χ2n) is 5.11. The Bertz CT molecular complexity index is 710. The van der Waals surface area contributed by atoms with Gasteiger partial charge in [0.15, 0.2) is 0 Å². The molecular formula is C19H17NO2. The fourth-order valence-corrected chi connectivity index (χ4v) is 2.85. The maximum atomic E-state index is 11.7. The summed E-state index contributed by atoms with van der Waals surface area (Å²) in [5.74, 6) is 5.60. The van der Waals surface area contributed by atoms with E-state index in [0.717, 1.165) is 0 Å². The number of carbonyl (C=O) groups excluding carboxylic acids is 1. The van der Waals surface area contributed by atoms with E-state index in [9.17, 15) is 4.79 Å². The third-order valence-corrected chi connectivity index (χ3v) is 3.84. The molecule has 2 aromatic carbocycles. The van der Waals surface area contributed by atoms with Gasteiger partial charge in [-0.05, 0) is 29.2 Å². The number of alkyl carbamates (subject to hydrolysis) is 1. The van der Waals surface area contributed by atoms with E-state index in [0.29, 0.717) is 13.2 Å². The first-order valence-corrected chi connectivity index (χ1v) is 7.29. The highest BCUT2D eigenvalue weighted by molar-refractivity contribution is 5.79. The highest BCUT2D eigenvalue weighted by Gasteiger charge is 2.28. The monoisotopic (exact) mass is 291 g/mol. The van der Waals surface area contributed by atoms with E-state index in [4.69, 9.17) is 4.74 Å². The number of fused-ring (bicyclic) bond motifs is 3. The summed E-state index contributed by atoms with van der Waals surface area (Å²) in [4.78, 5) is 11.7. The van der Waals surface area contributed by atoms with Gasteiger partial charge in [0, 0.05) is 5.92 Å². The van der Waals surface area contributed by atoms with Crippen LogP contribution >= 0.6 is 0 Å². The van der Waals surface area contributed by atoms with E-state index in [2.05, 4.69) is 41.4 Å². The van der Waals surface area contributed by atoms with Gasteiger partial charge in [-0.15, -0.1) is 5.92 Å². The molecule has 0 radical (unpaired) electrons. The third kappa shape index (κ3) is 2.68. The van der Waals surface area contributed by atoms with Crippen molar-refractivity contribution in [3.63, 3.8) is 0 Å². The lowest BCUT2D eigenvalue weighted by atomic mass is 9.98. The van der Waals surface area contributed by atoms with Gasteiger partial charge in [0.1, 0.15) is 6.61 Å². The van der Waals surface area contributed by atoms with Gasteiger partial charge >= 0.3 is 6.09 Å². The van der Waals surface area contributed by atoms with Crippen molar-refractivity contribution in [2.45, 2.75) is 12.8 Å². The van der Waals surface area contributed by atoms with E-state index >= 15 is 0 Å². The molecule has 0 saturated carbocycles. The zero-order chi connectivity index (χ0) is 15.4. The van der Waals surface area contributed by atoms with Crippen molar-refractivity contribution in [2.75, 3.05) is 13.2 Å². The summed E-state index contributed by atoms with van der Waals surface area (Å²) in [6.07, 6.45) is -0.426. The quantitative estimate of drug-likeness (QED) is 0.878. The summed E-state index contributed by atoms with van der Waals surface area (Å²) in [5.41, 5.74) is 4.88. The van der Waals surface area contributed by atoms with Crippen LogP contribution in [0.4, 0.5) is 4.79 Å². The second-order valence-corrected chi connectivity index (χ2v) is 5.11. The second kappa shape index (κ2) is 6.36. The van der Waals surface area contributed by atoms with Crippen molar-refractivity contribution in [1.82, 2.24) is 5.32 Å². The van der Waals surface area contributed by atoms with Crippen molar-refractivity contribution >= 4 is 6.09 Å². The van der Waals surface area contributed by atoms with Crippen molar-refractivity contribution in [1.29, 1.82) is 0 Å². The fourth-order valence-electron chi connectivity index (χ4n) is 2.85. The molecule has 110 valence electrons. The Labute approximate surface area is 130 Å². The fraction of sp³-hybridized carbons (Fsp3) is 0.211. The van der Waals surface area contributed by atoms with Crippen LogP contribution in [-0.2, 0) is 4.74 Å². The lowest BCUT2D eigenvalue weighted by Gasteiger charge is -2.14. The first-order valence-electron chi connectivity index (χ1n) is 7.29. The number of nitrogens with one attached hydrogen (secondary N) is 1. The number of amides is 1. The summed E-state index contributed by atoms with van der Waals surface area (Å²) in [5, 5.41) is 2.62. The Morgan fingerprint density at radius 1 is 1.09 bits per heavy atom. The zero-order valence-corrected chi connectivity index (χ0v) is 12.4. The molecule has 3 heteroatoms. The van der Waals surface area contributed by atoms with Crippen LogP contribution in [0.2, 0.25) is 0 Å². The Kier molecular flexibility index (Phi) is 4.11. The van der Waals surface area contributed by atoms with Gasteiger partial charge in [0.2, 0.25) is 0 Å². The SMILES string of the molecule is CC#CCNC(=O)OCC1c2ccccc2-c2ccccc21. The minimum atomic E-state index is -0.426. The van der Waals surface area contributed by atoms with Gasteiger partial charge in [-0.1, -0.05) is 54.5 Å². The van der Waals surface area contributed by atoms with Crippen LogP contribution in [0.25, 0.3) is 11.1 Å². The van der Waals surface area contributed by atoms with Crippen LogP contribution in [0.1, 0.15) is 24.0 Å². The molecule has 1 aliphatic carbocycles. The number of carbonyl (C=O) groups is 1. The summed E-state index contributed by atoms with van der Waals surface area (Å²) in [6.45, 7) is 2.38. The van der Waals surface area contributed by atoms with Crippen molar-refractivity contribution < 1.29 is 9.53 Å². The highest BCUT2D eigenvalue weighted by atomic mass is 16.5. The number of rotatable bonds is 3. The Hall–Kier alpha value is -2.73. The van der Waals surface area contributed by atoms with Gasteiger partial charge in [-0.25, -0.2) is 4.79 Å². The maximum absolute atomic E-state index is 11.7. The molecule has 3 rings (SSSR count). The molecule has 1 N–H and O–H groups in total. The molecule has 0 bridgehead atoms. The predicted octanol–water partition coefficient (Wildman–Crippen LogP) is 3.55. The Morgan fingerprint density at radius 2 is 1.68 bits per heavy atom. The van der Waals surface area contributed by atoms with Crippen LogP contribution in [0.5, 0.6) is 0 Å². The molecule has 0 aliphatic heterocycles. The number of benzene rings is 2. The van der Waals surface area contributed by atoms with E-state index in [1.165, 1.54) is 22.3 Å². The average Bonchev–Trinajstić information content (AvgIpc) is 2.87. The maximum Gasteiger partial charge on any atom is 0.407 e. The van der Waals surface area contributed by atoms with E-state index < -0.39 is 6.09 Å². The smallest absolute Gasteiger partial charge is 0.407 e. The molecule has 0 aromatic heterocycles. The summed E-state index contributed by atoms with van der Waals surface area (Å²) >= 11 is 0. The Morgan fingerprint density at radius 3 is 2.27 bits per heavy atom. The summed E-state index contributed by atoms with van der Waals surface area (Å²) < 4.78 is 5.37. The molecule has 0 unspecified atom stereocenters. The van der Waals surface area contributed by atoms with Gasteiger partial charge in [-0.2, -0.15) is 0 Å². The Balaban J connectivity index is 1.76. The zero-order valence-electron chi connectivity index (χ0n) is 12.4. The molecule has 2 aromatic rings. The van der Waals surface area contributed by atoms with Crippen molar-refractivity contribution in [2.24, 2.45) is 0 Å². The molecule has 1 aliphatic rings. The van der Waals surface area contributed by atoms with E-state index in [-0.39, 0.29) is 5.92 Å². The minimum absolute atomic E-state index is 0.0930. The molecule has 1 amide bonds. The van der Waals surface area contributed by atoms with Gasteiger partial charge in [0.05, 0.1) is 6.54 Å². The van der Waals surface area contributed by atoms with Crippen LogP contribution in [0.3, 0.4) is 0 Å². The van der Waals surface area contributed by atoms with E-state index in [1.54, 1.807) is 6.92 Å².